The van der Waals surface area contributed by atoms with E-state index >= 15 is 0 Å². The lowest BCUT2D eigenvalue weighted by molar-refractivity contribution is 0.416. The molecule has 1 aromatic heterocycles. The van der Waals surface area contributed by atoms with Gasteiger partial charge >= 0.3 is 0 Å². The zero-order chi connectivity index (χ0) is 10.1. The van der Waals surface area contributed by atoms with Crippen LogP contribution in [0.2, 0.25) is 0 Å². The molecule has 5 heteroatoms. The highest BCUT2D eigenvalue weighted by Gasteiger charge is 2.08. The lowest BCUT2D eigenvalue weighted by Gasteiger charge is -2.06. The van der Waals surface area contributed by atoms with Gasteiger partial charge in [-0.05, 0) is 0 Å². The Labute approximate surface area is 79.5 Å². The van der Waals surface area contributed by atoms with Gasteiger partial charge in [-0.1, -0.05) is 0 Å². The maximum atomic E-state index is 13.0. The molecule has 0 amide bonds. The fourth-order valence-electron chi connectivity index (χ4n) is 1.31. The summed E-state index contributed by atoms with van der Waals surface area (Å²) in [5.74, 6) is 0.220. The minimum Gasteiger partial charge on any atom is -0.496 e. The van der Waals surface area contributed by atoms with Crippen molar-refractivity contribution in [1.82, 2.24) is 9.97 Å². The van der Waals surface area contributed by atoms with Gasteiger partial charge in [-0.25, -0.2) is 14.4 Å². The number of nitrogens with zero attached hydrogens (tertiary/aromatic N) is 2. The van der Waals surface area contributed by atoms with Crippen LogP contribution >= 0.6 is 0 Å². The Balaban J connectivity index is 2.88. The molecule has 0 atom stereocenters. The Hall–Kier alpha value is -1.91. The van der Waals surface area contributed by atoms with Crippen molar-refractivity contribution in [3.8, 4) is 5.75 Å². The fourth-order valence-corrected chi connectivity index (χ4v) is 1.31. The minimum atomic E-state index is -0.410. The second-order valence-corrected chi connectivity index (χ2v) is 2.76. The highest BCUT2D eigenvalue weighted by molar-refractivity contribution is 5.93. The zero-order valence-corrected chi connectivity index (χ0v) is 7.49. The van der Waals surface area contributed by atoms with E-state index in [1.54, 1.807) is 0 Å². The van der Waals surface area contributed by atoms with Crippen molar-refractivity contribution in [3.05, 3.63) is 24.3 Å². The molecule has 0 fully saturated rings. The molecule has 0 saturated heterocycles. The lowest BCUT2D eigenvalue weighted by atomic mass is 10.2. The quantitative estimate of drug-likeness (QED) is 0.742. The highest BCUT2D eigenvalue weighted by atomic mass is 19.1. The molecule has 72 valence electrons. The number of aromatic nitrogens is 2. The molecule has 14 heavy (non-hydrogen) atoms. The van der Waals surface area contributed by atoms with E-state index in [0.717, 1.165) is 0 Å². The van der Waals surface area contributed by atoms with E-state index in [9.17, 15) is 4.39 Å². The molecular weight excluding hydrogens is 185 g/mol. The van der Waals surface area contributed by atoms with Crippen LogP contribution in [-0.4, -0.2) is 17.1 Å². The first-order chi connectivity index (χ1) is 6.72. The van der Waals surface area contributed by atoms with Gasteiger partial charge in [0.15, 0.2) is 0 Å². The average molecular weight is 193 g/mol. The van der Waals surface area contributed by atoms with Crippen molar-refractivity contribution in [2.24, 2.45) is 0 Å². The highest BCUT2D eigenvalue weighted by Crippen LogP contribution is 2.28. The molecule has 2 rings (SSSR count). The molecule has 1 aromatic carbocycles. The summed E-state index contributed by atoms with van der Waals surface area (Å²) in [6, 6.07) is 2.54. The van der Waals surface area contributed by atoms with Crippen LogP contribution in [0.25, 0.3) is 10.9 Å². The number of fused-ring (bicyclic) bond motifs is 1. The third-order valence-electron chi connectivity index (χ3n) is 1.92. The predicted molar refractivity (Wildman–Crippen MR) is 50.5 cm³/mol. The van der Waals surface area contributed by atoms with Crippen molar-refractivity contribution < 1.29 is 9.13 Å². The number of methoxy groups -OCH3 is 1. The van der Waals surface area contributed by atoms with Crippen molar-refractivity contribution >= 4 is 16.7 Å². The molecule has 0 spiro atoms. The van der Waals surface area contributed by atoms with E-state index in [1.165, 1.54) is 25.6 Å². The van der Waals surface area contributed by atoms with Crippen molar-refractivity contribution in [2.45, 2.75) is 0 Å². The Morgan fingerprint density at radius 2 is 2.14 bits per heavy atom. The van der Waals surface area contributed by atoms with Crippen LogP contribution in [0.1, 0.15) is 0 Å². The first-order valence-electron chi connectivity index (χ1n) is 3.96. The van der Waals surface area contributed by atoms with Crippen LogP contribution in [0.5, 0.6) is 5.75 Å². The Morgan fingerprint density at radius 1 is 1.36 bits per heavy atom. The van der Waals surface area contributed by atoms with Gasteiger partial charge in [0.2, 0.25) is 0 Å². The second kappa shape index (κ2) is 3.10. The molecule has 2 N–H and O–H groups in total. The van der Waals surface area contributed by atoms with Crippen molar-refractivity contribution in [1.29, 1.82) is 0 Å². The minimum absolute atomic E-state index is 0.284. The van der Waals surface area contributed by atoms with Gasteiger partial charge in [0.05, 0.1) is 18.0 Å². The van der Waals surface area contributed by atoms with Crippen LogP contribution in [0.4, 0.5) is 10.2 Å². The molecule has 1 heterocycles. The molecule has 4 nitrogen and oxygen atoms in total. The van der Waals surface area contributed by atoms with E-state index < -0.39 is 5.82 Å². The molecule has 0 unspecified atom stereocenters. The predicted octanol–water partition coefficient (Wildman–Crippen LogP) is 1.36. The van der Waals surface area contributed by atoms with Gasteiger partial charge < -0.3 is 10.5 Å². The summed E-state index contributed by atoms with van der Waals surface area (Å²) < 4.78 is 18.0. The summed E-state index contributed by atoms with van der Waals surface area (Å²) in [7, 11) is 1.45. The third-order valence-corrected chi connectivity index (χ3v) is 1.92. The molecule has 0 aliphatic carbocycles. The lowest BCUT2D eigenvalue weighted by Crippen LogP contribution is -1.96. The third kappa shape index (κ3) is 1.22. The van der Waals surface area contributed by atoms with E-state index in [0.29, 0.717) is 16.7 Å². The Kier molecular flexibility index (Phi) is 1.92. The largest absolute Gasteiger partial charge is 0.496 e. The number of anilines is 1. The first-order valence-corrected chi connectivity index (χ1v) is 3.96. The van der Waals surface area contributed by atoms with Gasteiger partial charge in [0.25, 0.3) is 0 Å². The van der Waals surface area contributed by atoms with Crippen LogP contribution in [-0.2, 0) is 0 Å². The van der Waals surface area contributed by atoms with Crippen LogP contribution in [0, 0.1) is 5.82 Å². The normalized spacial score (nSPS) is 10.4. The monoisotopic (exact) mass is 193 g/mol. The van der Waals surface area contributed by atoms with Crippen LogP contribution in [0.15, 0.2) is 18.5 Å². The van der Waals surface area contributed by atoms with E-state index in [1.807, 2.05) is 0 Å². The van der Waals surface area contributed by atoms with Gasteiger partial charge in [-0.3, -0.25) is 0 Å². The first kappa shape index (κ1) is 8.68. The van der Waals surface area contributed by atoms with Gasteiger partial charge in [0.1, 0.15) is 23.7 Å². The number of hydrogen-bond donors (Lipinski definition) is 1. The maximum Gasteiger partial charge on any atom is 0.138 e. The Morgan fingerprint density at radius 3 is 2.86 bits per heavy atom. The van der Waals surface area contributed by atoms with E-state index in [-0.39, 0.29) is 5.82 Å². The number of nitrogen functional groups attached to an aromatic ring is 1. The second-order valence-electron chi connectivity index (χ2n) is 2.76. The summed E-state index contributed by atoms with van der Waals surface area (Å²) in [6.07, 6.45) is 1.29. The van der Waals surface area contributed by atoms with Crippen molar-refractivity contribution in [3.63, 3.8) is 0 Å². The summed E-state index contributed by atoms with van der Waals surface area (Å²) in [5, 5.41) is 0.538. The standard InChI is InChI=1S/C9H8FN3O/c1-14-7-3-5(10)2-6-8(7)9(11)13-4-12-6/h2-4H,1H3,(H2,11,12,13). The van der Waals surface area contributed by atoms with Crippen molar-refractivity contribution in [2.75, 3.05) is 12.8 Å². The zero-order valence-electron chi connectivity index (χ0n) is 7.49. The van der Waals surface area contributed by atoms with Crippen LogP contribution in [0.3, 0.4) is 0 Å². The summed E-state index contributed by atoms with van der Waals surface area (Å²) in [5.41, 5.74) is 6.07. The topological polar surface area (TPSA) is 61.0 Å². The van der Waals surface area contributed by atoms with Gasteiger partial charge in [0, 0.05) is 12.1 Å². The smallest absolute Gasteiger partial charge is 0.138 e. The fraction of sp³-hybridized carbons (Fsp3) is 0.111. The Bertz CT molecular complexity index is 487. The van der Waals surface area contributed by atoms with E-state index in [4.69, 9.17) is 10.5 Å². The SMILES string of the molecule is COc1cc(F)cc2ncnc(N)c12. The maximum absolute atomic E-state index is 13.0. The number of halogens is 1. The molecule has 0 bridgehead atoms. The average Bonchev–Trinajstić information content (AvgIpc) is 2.16. The molecule has 0 radical (unpaired) electrons. The van der Waals surface area contributed by atoms with Gasteiger partial charge in [-0.15, -0.1) is 0 Å². The summed E-state index contributed by atoms with van der Waals surface area (Å²) in [6.45, 7) is 0. The molecule has 0 aliphatic heterocycles. The van der Waals surface area contributed by atoms with E-state index in [2.05, 4.69) is 9.97 Å². The number of hydrogen-bond acceptors (Lipinski definition) is 4. The summed E-state index contributed by atoms with van der Waals surface area (Å²) in [4.78, 5) is 7.71. The molecule has 2 aromatic rings. The molecule has 0 saturated carbocycles. The molecule has 0 aliphatic rings. The number of ether oxygens (including phenoxy) is 1. The van der Waals surface area contributed by atoms with Gasteiger partial charge in [-0.2, -0.15) is 0 Å². The number of benzene rings is 1. The summed E-state index contributed by atoms with van der Waals surface area (Å²) >= 11 is 0. The van der Waals surface area contributed by atoms with Crippen LogP contribution < -0.4 is 10.5 Å². The molecular formula is C9H8FN3O. The number of rotatable bonds is 1. The number of nitrogens with two attached hydrogens (primary N) is 1.